The van der Waals surface area contributed by atoms with E-state index in [4.69, 9.17) is 58.8 Å². The maximum Gasteiger partial charge on any atom is 0.265 e. The van der Waals surface area contributed by atoms with E-state index in [1.165, 1.54) is 11.9 Å². The summed E-state index contributed by atoms with van der Waals surface area (Å²) in [5.41, 5.74) is 2.26. The lowest BCUT2D eigenvalue weighted by Crippen LogP contribution is -2.47. The van der Waals surface area contributed by atoms with Crippen LogP contribution in [0.5, 0.6) is 0 Å². The van der Waals surface area contributed by atoms with Crippen LogP contribution in [0.1, 0.15) is 100 Å². The van der Waals surface area contributed by atoms with Crippen LogP contribution in [0.3, 0.4) is 0 Å². The third kappa shape index (κ3) is 8.28. The Labute approximate surface area is 318 Å². The maximum absolute atomic E-state index is 13.1. The monoisotopic (exact) mass is 775 g/mol. The molecule has 2 bridgehead atoms. The zero-order valence-corrected chi connectivity index (χ0v) is 35.4. The van der Waals surface area contributed by atoms with Crippen molar-refractivity contribution in [1.29, 1.82) is 5.41 Å². The first-order valence-electron chi connectivity index (χ1n) is 18.8. The summed E-state index contributed by atoms with van der Waals surface area (Å²) in [6.45, 7) is 27.7. The van der Waals surface area contributed by atoms with Crippen molar-refractivity contribution in [1.82, 2.24) is 0 Å². The summed E-state index contributed by atoms with van der Waals surface area (Å²) in [4.78, 5) is 13.1. The van der Waals surface area contributed by atoms with Crippen LogP contribution >= 0.6 is 34.8 Å². The first kappa shape index (κ1) is 42.3. The topological polar surface area (TPSA) is 98.1 Å². The minimum absolute atomic E-state index is 0.000652. The van der Waals surface area contributed by atoms with Crippen molar-refractivity contribution in [2.24, 2.45) is 46.3 Å². The summed E-state index contributed by atoms with van der Waals surface area (Å²) in [5.74, 6) is 2.10. The van der Waals surface area contributed by atoms with E-state index in [0.717, 1.165) is 44.1 Å². The molecule has 2 N–H and O–H groups in total. The molecule has 0 aromatic rings. The van der Waals surface area contributed by atoms with Crippen LogP contribution in [-0.2, 0) is 23.4 Å². The molecule has 0 aromatic carbocycles. The van der Waals surface area contributed by atoms with Gasteiger partial charge in [-0.1, -0.05) is 108 Å². The Morgan fingerprint density at radius 3 is 2.38 bits per heavy atom. The smallest absolute Gasteiger partial charge is 0.265 e. The van der Waals surface area contributed by atoms with Gasteiger partial charge in [-0.15, -0.1) is 0 Å². The summed E-state index contributed by atoms with van der Waals surface area (Å²) in [6, 6.07) is 0. The van der Waals surface area contributed by atoms with E-state index in [9.17, 15) is 9.90 Å². The first-order valence-corrected chi connectivity index (χ1v) is 22.8. The van der Waals surface area contributed by atoms with Gasteiger partial charge in [0, 0.05) is 35.9 Å². The minimum atomic E-state index is -1.89. The van der Waals surface area contributed by atoms with Gasteiger partial charge in [-0.3, -0.25) is 5.41 Å². The highest BCUT2D eigenvalue weighted by Crippen LogP contribution is 2.70. The summed E-state index contributed by atoms with van der Waals surface area (Å²) >= 11 is 16.7. The van der Waals surface area contributed by atoms with Crippen molar-refractivity contribution < 1.29 is 28.5 Å². The number of fused-ring (bicyclic) bond motifs is 3. The van der Waals surface area contributed by atoms with Crippen LogP contribution in [-0.4, -0.2) is 67.2 Å². The molecule has 2 aliphatic heterocycles. The second kappa shape index (κ2) is 15.7. The molecular formula is C39H64Cl3NO6Si. The van der Waals surface area contributed by atoms with E-state index < -0.39 is 24.3 Å². The van der Waals surface area contributed by atoms with Crippen molar-refractivity contribution in [3.63, 3.8) is 0 Å². The van der Waals surface area contributed by atoms with E-state index in [1.54, 1.807) is 0 Å². The van der Waals surface area contributed by atoms with Gasteiger partial charge in [0.05, 0.1) is 18.8 Å². The van der Waals surface area contributed by atoms with Gasteiger partial charge in [0.2, 0.25) is 12.2 Å². The molecule has 7 nitrogen and oxygen atoms in total. The Morgan fingerprint density at radius 2 is 1.84 bits per heavy atom. The molecular weight excluding hydrogens is 713 g/mol. The van der Waals surface area contributed by atoms with Crippen LogP contribution in [0.15, 0.2) is 23.8 Å². The molecule has 11 heteroatoms. The zero-order valence-electron chi connectivity index (χ0n) is 32.1. The number of carbonyl (C=O) groups excluding carboxylic acids is 1. The van der Waals surface area contributed by atoms with Gasteiger partial charge in [-0.2, -0.15) is 0 Å². The summed E-state index contributed by atoms with van der Waals surface area (Å²) in [5, 5.41) is 17.1. The Bertz CT molecular complexity index is 1280. The number of aliphatic hydroxyl groups is 1. The second-order valence-electron chi connectivity index (χ2n) is 17.9. The van der Waals surface area contributed by atoms with Crippen molar-refractivity contribution in [2.75, 3.05) is 13.2 Å². The number of hydrogen-bond donors (Lipinski definition) is 2. The predicted molar refractivity (Wildman–Crippen MR) is 206 cm³/mol. The first-order chi connectivity index (χ1) is 23.0. The van der Waals surface area contributed by atoms with Crippen molar-refractivity contribution >= 4 is 55.3 Å². The molecule has 2 heterocycles. The van der Waals surface area contributed by atoms with Gasteiger partial charge in [0.15, 0.2) is 8.32 Å². The van der Waals surface area contributed by atoms with Gasteiger partial charge in [-0.25, -0.2) is 0 Å². The molecule has 286 valence electrons. The number of allylic oxidation sites excluding steroid dienone is 2. The lowest BCUT2D eigenvalue weighted by Gasteiger charge is -2.49. The van der Waals surface area contributed by atoms with E-state index in [2.05, 4.69) is 74.2 Å². The molecule has 0 spiro atoms. The van der Waals surface area contributed by atoms with Crippen molar-refractivity contribution in [3.05, 3.63) is 23.8 Å². The normalized spacial score (nSPS) is 38.5. The molecule has 4 fully saturated rings. The number of unbranched alkanes of at least 4 members (excludes halogenated alkanes) is 1. The average molecular weight is 777 g/mol. The molecule has 3 aliphatic carbocycles. The van der Waals surface area contributed by atoms with Gasteiger partial charge in [-0.05, 0) is 92.3 Å². The molecule has 5 aliphatic rings. The quantitative estimate of drug-likeness (QED) is 0.0436. The zero-order chi connectivity index (χ0) is 37.6. The summed E-state index contributed by atoms with van der Waals surface area (Å²) in [6.07, 6.45) is 10.1. The lowest BCUT2D eigenvalue weighted by molar-refractivity contribution is -0.197. The molecule has 11 atom stereocenters. The van der Waals surface area contributed by atoms with Crippen molar-refractivity contribution in [3.8, 4) is 0 Å². The molecule has 2 saturated heterocycles. The second-order valence-corrected chi connectivity index (χ2v) is 25.0. The van der Waals surface area contributed by atoms with Gasteiger partial charge in [0.1, 0.15) is 6.29 Å². The number of alkyl halides is 3. The van der Waals surface area contributed by atoms with Crippen LogP contribution in [0.25, 0.3) is 0 Å². The number of halogens is 3. The summed E-state index contributed by atoms with van der Waals surface area (Å²) in [7, 11) is -1.89. The van der Waals surface area contributed by atoms with Crippen LogP contribution in [0, 0.1) is 51.7 Å². The van der Waals surface area contributed by atoms with Crippen LogP contribution in [0.4, 0.5) is 0 Å². The highest BCUT2D eigenvalue weighted by molar-refractivity contribution is 6.76. The number of aldehydes is 1. The standard InChI is InChI=1S/C28H50O3Si.C11H14Cl3NO3/c1-19(2)23-14-21-16-27(23,7)28(17-21,18-30)24-15-25(31-32(8,9)26(4,5)6)20(3)22(24)12-10-11-13-29;1-5-4-16-9-6(2)17-8(3-7(5)9)18-10(15)11(12,13)14/h14,18-22,24-25,29H,10-13,15-17H2,1-9H3;6-9,15H,1,3-4H2,2H3/t20?,21?,22?,24?,25?,27-,28+;/m1./s1. The molecule has 2 saturated carbocycles. The Morgan fingerprint density at radius 1 is 1.18 bits per heavy atom. The highest BCUT2D eigenvalue weighted by Gasteiger charge is 2.66. The van der Waals surface area contributed by atoms with Crippen LogP contribution < -0.4 is 0 Å². The van der Waals surface area contributed by atoms with E-state index in [0.29, 0.717) is 42.6 Å². The highest BCUT2D eigenvalue weighted by atomic mass is 35.6. The Hall–Kier alpha value is -0.453. The Balaban J connectivity index is 0.000000263. The van der Waals surface area contributed by atoms with E-state index >= 15 is 0 Å². The van der Waals surface area contributed by atoms with Crippen LogP contribution in [0.2, 0.25) is 18.1 Å². The van der Waals surface area contributed by atoms with E-state index in [1.807, 2.05) is 6.92 Å². The predicted octanol–water partition coefficient (Wildman–Crippen LogP) is 10.1. The van der Waals surface area contributed by atoms with Gasteiger partial charge >= 0.3 is 0 Å². The van der Waals surface area contributed by atoms with Gasteiger partial charge < -0.3 is 28.5 Å². The number of rotatable bonds is 10. The summed E-state index contributed by atoms with van der Waals surface area (Å²) < 4.78 is 21.6. The average Bonchev–Trinajstić information content (AvgIpc) is 3.72. The Kier molecular flexibility index (Phi) is 13.3. The molecule has 0 amide bonds. The third-order valence-corrected chi connectivity index (χ3v) is 18.5. The molecule has 9 unspecified atom stereocenters. The molecule has 0 radical (unpaired) electrons. The number of aliphatic hydroxyl groups excluding tert-OH is 1. The van der Waals surface area contributed by atoms with Crippen molar-refractivity contribution in [2.45, 2.75) is 147 Å². The number of ether oxygens (including phenoxy) is 3. The fourth-order valence-corrected chi connectivity index (χ4v) is 11.4. The fourth-order valence-electron chi connectivity index (χ4n) is 9.86. The lowest BCUT2D eigenvalue weighted by atomic mass is 9.53. The molecule has 5 rings (SSSR count). The SMILES string of the molecule is C=C1COC2C(C)OC(OC(=N)C(Cl)(Cl)Cl)CC12.CC(C)C1=CC2C[C@@]1(C)[C@@](C=O)(C1CC(O[Si](C)(C)C(C)(C)C)C(C)C1CCCCO)C2. The third-order valence-electron chi connectivity index (χ3n) is 13.5. The fraction of sp³-hybridized carbons (Fsp3) is 0.846. The number of nitrogens with one attached hydrogen (secondary N) is 1. The molecule has 0 aromatic heterocycles. The van der Waals surface area contributed by atoms with E-state index in [-0.39, 0.29) is 46.7 Å². The largest absolute Gasteiger partial charge is 0.448 e. The number of hydrogen-bond acceptors (Lipinski definition) is 7. The maximum atomic E-state index is 13.1. The molecule has 50 heavy (non-hydrogen) atoms. The number of carbonyl (C=O) groups is 1. The van der Waals surface area contributed by atoms with Gasteiger partial charge in [0.25, 0.3) is 3.79 Å². The minimum Gasteiger partial charge on any atom is -0.448 e.